The molecule has 2 aromatic rings. The quantitative estimate of drug-likeness (QED) is 0.937. The standard InChI is InChI=1S/C11H13N3O2S2/c15-18(16,11-6-12-8-13-11)14-4-1-2-10(14)9-3-5-17-7-9/h3,5-8,10H,1-2,4H2,(H,12,13). The highest BCUT2D eigenvalue weighted by atomic mass is 32.2. The van der Waals surface area contributed by atoms with Crippen LogP contribution in [0.4, 0.5) is 0 Å². The number of imidazole rings is 1. The van der Waals surface area contributed by atoms with Gasteiger partial charge in [-0.25, -0.2) is 13.4 Å². The van der Waals surface area contributed by atoms with Crippen molar-refractivity contribution in [2.24, 2.45) is 0 Å². The smallest absolute Gasteiger partial charge is 0.260 e. The number of aromatic nitrogens is 2. The van der Waals surface area contributed by atoms with E-state index in [-0.39, 0.29) is 11.1 Å². The lowest BCUT2D eigenvalue weighted by atomic mass is 10.1. The van der Waals surface area contributed by atoms with Crippen LogP contribution in [0.25, 0.3) is 0 Å². The Morgan fingerprint density at radius 2 is 2.39 bits per heavy atom. The molecule has 1 unspecified atom stereocenters. The summed E-state index contributed by atoms with van der Waals surface area (Å²) in [5.41, 5.74) is 1.08. The summed E-state index contributed by atoms with van der Waals surface area (Å²) in [6.45, 7) is 0.571. The molecule has 1 aliphatic rings. The Hall–Kier alpha value is -1.18. The number of hydrogen-bond acceptors (Lipinski definition) is 4. The van der Waals surface area contributed by atoms with Gasteiger partial charge in [-0.3, -0.25) is 0 Å². The van der Waals surface area contributed by atoms with Crippen LogP contribution in [0, 0.1) is 0 Å². The highest BCUT2D eigenvalue weighted by Gasteiger charge is 2.36. The van der Waals surface area contributed by atoms with E-state index in [9.17, 15) is 8.42 Å². The Labute approximate surface area is 110 Å². The van der Waals surface area contributed by atoms with E-state index in [1.54, 1.807) is 15.6 Å². The van der Waals surface area contributed by atoms with Crippen LogP contribution in [0.2, 0.25) is 0 Å². The Kier molecular flexibility index (Phi) is 2.96. The Morgan fingerprint density at radius 3 is 3.06 bits per heavy atom. The third-order valence-electron chi connectivity index (χ3n) is 3.19. The second-order valence-corrected chi connectivity index (χ2v) is 6.89. The topological polar surface area (TPSA) is 66.1 Å². The van der Waals surface area contributed by atoms with Gasteiger partial charge in [0.15, 0.2) is 5.03 Å². The molecule has 0 aliphatic carbocycles. The molecule has 1 atom stereocenters. The molecule has 1 N–H and O–H groups in total. The fraction of sp³-hybridized carbons (Fsp3) is 0.364. The van der Waals surface area contributed by atoms with Crippen LogP contribution in [0.3, 0.4) is 0 Å². The predicted molar refractivity (Wildman–Crippen MR) is 68.8 cm³/mol. The molecule has 1 fully saturated rings. The van der Waals surface area contributed by atoms with Crippen LogP contribution in [-0.4, -0.2) is 29.2 Å². The number of rotatable bonds is 3. The van der Waals surface area contributed by atoms with Gasteiger partial charge >= 0.3 is 0 Å². The molecule has 0 saturated carbocycles. The van der Waals surface area contributed by atoms with Crippen LogP contribution in [0.1, 0.15) is 24.4 Å². The van der Waals surface area contributed by atoms with E-state index >= 15 is 0 Å². The Balaban J connectivity index is 1.97. The molecule has 0 amide bonds. The van der Waals surface area contributed by atoms with E-state index in [0.717, 1.165) is 18.4 Å². The average molecular weight is 283 g/mol. The second kappa shape index (κ2) is 4.49. The van der Waals surface area contributed by atoms with E-state index < -0.39 is 10.0 Å². The molecular formula is C11H13N3O2S2. The first kappa shape index (κ1) is 11.9. The SMILES string of the molecule is O=S(=O)(c1cnc[nH]1)N1CCCC1c1ccsc1. The van der Waals surface area contributed by atoms with Crippen molar-refractivity contribution in [1.82, 2.24) is 14.3 Å². The molecule has 96 valence electrons. The summed E-state index contributed by atoms with van der Waals surface area (Å²) in [5.74, 6) is 0. The van der Waals surface area contributed by atoms with Crippen LogP contribution in [0.15, 0.2) is 34.4 Å². The number of nitrogens with zero attached hydrogens (tertiary/aromatic N) is 2. The normalized spacial score (nSPS) is 21.4. The van der Waals surface area contributed by atoms with Crippen molar-refractivity contribution in [3.63, 3.8) is 0 Å². The zero-order valence-electron chi connectivity index (χ0n) is 9.61. The summed E-state index contributed by atoms with van der Waals surface area (Å²) in [4.78, 5) is 6.47. The summed E-state index contributed by atoms with van der Waals surface area (Å²) in [6.07, 6.45) is 4.53. The van der Waals surface area contributed by atoms with Crippen molar-refractivity contribution in [3.8, 4) is 0 Å². The highest BCUT2D eigenvalue weighted by Crippen LogP contribution is 2.36. The maximum atomic E-state index is 12.5. The van der Waals surface area contributed by atoms with Crippen molar-refractivity contribution < 1.29 is 8.42 Å². The van der Waals surface area contributed by atoms with Gasteiger partial charge in [0.25, 0.3) is 10.0 Å². The fourth-order valence-electron chi connectivity index (χ4n) is 2.34. The molecular weight excluding hydrogens is 270 g/mol. The first-order chi connectivity index (χ1) is 8.69. The number of hydrogen-bond donors (Lipinski definition) is 1. The van der Waals surface area contributed by atoms with Gasteiger partial charge in [-0.1, -0.05) is 0 Å². The second-order valence-electron chi connectivity index (χ2n) is 4.25. The molecule has 5 nitrogen and oxygen atoms in total. The summed E-state index contributed by atoms with van der Waals surface area (Å²) in [7, 11) is -3.45. The van der Waals surface area contributed by atoms with Crippen molar-refractivity contribution in [2.45, 2.75) is 23.9 Å². The van der Waals surface area contributed by atoms with Crippen LogP contribution in [0.5, 0.6) is 0 Å². The first-order valence-corrected chi connectivity index (χ1v) is 8.10. The zero-order valence-corrected chi connectivity index (χ0v) is 11.2. The van der Waals surface area contributed by atoms with E-state index in [0.29, 0.717) is 6.54 Å². The summed E-state index contributed by atoms with van der Waals surface area (Å²) in [5, 5.41) is 4.17. The van der Waals surface area contributed by atoms with Gasteiger partial charge < -0.3 is 4.98 Å². The molecule has 2 aromatic heterocycles. The van der Waals surface area contributed by atoms with Gasteiger partial charge in [-0.05, 0) is 35.2 Å². The minimum absolute atomic E-state index is 0.0375. The molecule has 7 heteroatoms. The van der Waals surface area contributed by atoms with Crippen molar-refractivity contribution >= 4 is 21.4 Å². The number of aromatic amines is 1. The van der Waals surface area contributed by atoms with E-state index in [1.807, 2.05) is 16.8 Å². The van der Waals surface area contributed by atoms with Gasteiger partial charge in [-0.15, -0.1) is 0 Å². The lowest BCUT2D eigenvalue weighted by molar-refractivity contribution is 0.396. The van der Waals surface area contributed by atoms with E-state index in [1.165, 1.54) is 12.5 Å². The molecule has 0 bridgehead atoms. The van der Waals surface area contributed by atoms with Crippen LogP contribution < -0.4 is 0 Å². The van der Waals surface area contributed by atoms with Gasteiger partial charge in [-0.2, -0.15) is 15.6 Å². The third kappa shape index (κ3) is 1.88. The molecule has 0 radical (unpaired) electrons. The molecule has 18 heavy (non-hydrogen) atoms. The van der Waals surface area contributed by atoms with Gasteiger partial charge in [0.2, 0.25) is 0 Å². The van der Waals surface area contributed by atoms with Crippen molar-refractivity contribution in [1.29, 1.82) is 0 Å². The molecule has 0 spiro atoms. The predicted octanol–water partition coefficient (Wildman–Crippen LogP) is 2.00. The first-order valence-electron chi connectivity index (χ1n) is 5.72. The van der Waals surface area contributed by atoms with Gasteiger partial charge in [0, 0.05) is 6.54 Å². The minimum atomic E-state index is -3.45. The number of sulfonamides is 1. The van der Waals surface area contributed by atoms with Gasteiger partial charge in [0.05, 0.1) is 18.6 Å². The summed E-state index contributed by atoms with van der Waals surface area (Å²) >= 11 is 1.59. The minimum Gasteiger partial charge on any atom is -0.335 e. The lowest BCUT2D eigenvalue weighted by Crippen LogP contribution is -2.30. The largest absolute Gasteiger partial charge is 0.335 e. The molecule has 3 rings (SSSR count). The Bertz CT molecular complexity index is 605. The highest BCUT2D eigenvalue weighted by molar-refractivity contribution is 7.89. The van der Waals surface area contributed by atoms with Crippen molar-refractivity contribution in [3.05, 3.63) is 34.9 Å². The third-order valence-corrected chi connectivity index (χ3v) is 5.73. The maximum Gasteiger partial charge on any atom is 0.260 e. The molecule has 3 heterocycles. The lowest BCUT2D eigenvalue weighted by Gasteiger charge is -2.22. The van der Waals surface area contributed by atoms with E-state index in [4.69, 9.17) is 0 Å². The molecule has 0 aromatic carbocycles. The summed E-state index contributed by atoms with van der Waals surface area (Å²) in [6, 6.07) is 1.96. The van der Waals surface area contributed by atoms with Gasteiger partial charge in [0.1, 0.15) is 0 Å². The Morgan fingerprint density at radius 1 is 1.50 bits per heavy atom. The van der Waals surface area contributed by atoms with Crippen molar-refractivity contribution in [2.75, 3.05) is 6.54 Å². The maximum absolute atomic E-state index is 12.5. The van der Waals surface area contributed by atoms with E-state index in [2.05, 4.69) is 9.97 Å². The molecule has 1 aliphatic heterocycles. The van der Waals surface area contributed by atoms with Crippen LogP contribution >= 0.6 is 11.3 Å². The van der Waals surface area contributed by atoms with Crippen LogP contribution in [-0.2, 0) is 10.0 Å². The monoisotopic (exact) mass is 283 g/mol. The summed E-state index contributed by atoms with van der Waals surface area (Å²) < 4.78 is 26.5. The number of thiophene rings is 1. The number of H-pyrrole nitrogens is 1. The average Bonchev–Trinajstić information content (AvgIpc) is 3.11. The molecule has 1 saturated heterocycles. The zero-order chi connectivity index (χ0) is 12.6. The number of nitrogens with one attached hydrogen (secondary N) is 1. The fourth-order valence-corrected chi connectivity index (χ4v) is 4.62.